The highest BCUT2D eigenvalue weighted by molar-refractivity contribution is 5.85. The van der Waals surface area contributed by atoms with Crippen LogP contribution in [0.25, 0.3) is 0 Å². The number of nitrogens with one attached hydrogen (secondary N) is 1. The summed E-state index contributed by atoms with van der Waals surface area (Å²) in [5.74, 6) is 1.82. The molecule has 0 amide bonds. The van der Waals surface area contributed by atoms with E-state index in [0.29, 0.717) is 6.04 Å². The van der Waals surface area contributed by atoms with Crippen LogP contribution in [0.15, 0.2) is 18.2 Å². The van der Waals surface area contributed by atoms with Crippen molar-refractivity contribution in [2.45, 2.75) is 32.7 Å². The van der Waals surface area contributed by atoms with E-state index in [1.165, 1.54) is 17.5 Å². The smallest absolute Gasteiger partial charge is 0.122 e. The Balaban J connectivity index is 0.00000121. The summed E-state index contributed by atoms with van der Waals surface area (Å²) in [5, 5.41) is 3.45. The molecular weight excluding hydrogens is 319 g/mol. The van der Waals surface area contributed by atoms with Gasteiger partial charge in [0.05, 0.1) is 6.61 Å². The largest absolute Gasteiger partial charge is 0.493 e. The molecule has 2 heterocycles. The van der Waals surface area contributed by atoms with E-state index in [4.69, 9.17) is 4.74 Å². The molecule has 1 aromatic rings. The maximum absolute atomic E-state index is 5.64. The highest BCUT2D eigenvalue weighted by Crippen LogP contribution is 2.33. The molecule has 0 spiro atoms. The van der Waals surface area contributed by atoms with Crippen LogP contribution in [0.5, 0.6) is 5.75 Å². The summed E-state index contributed by atoms with van der Waals surface area (Å²) in [7, 11) is 0. The number of ether oxygens (including phenoxy) is 1. The van der Waals surface area contributed by atoms with Crippen LogP contribution < -0.4 is 10.1 Å². The molecule has 0 unspecified atom stereocenters. The number of hydrogen-bond donors (Lipinski definition) is 1. The number of rotatable bonds is 4. The summed E-state index contributed by atoms with van der Waals surface area (Å²) in [5.41, 5.74) is 2.87. The maximum Gasteiger partial charge on any atom is 0.122 e. The molecule has 1 aromatic carbocycles. The molecule has 0 aromatic heterocycles. The molecule has 2 aliphatic heterocycles. The quantitative estimate of drug-likeness (QED) is 0.903. The van der Waals surface area contributed by atoms with Crippen LogP contribution in [0.1, 0.15) is 37.4 Å². The van der Waals surface area contributed by atoms with Gasteiger partial charge in [-0.25, -0.2) is 0 Å². The van der Waals surface area contributed by atoms with E-state index in [2.05, 4.69) is 42.3 Å². The average Bonchev–Trinajstić information content (AvgIpc) is 2.93. The first kappa shape index (κ1) is 19.6. The van der Waals surface area contributed by atoms with Gasteiger partial charge in [-0.3, -0.25) is 4.90 Å². The molecule has 0 aliphatic carbocycles. The number of hydrogen-bond acceptors (Lipinski definition) is 3. The van der Waals surface area contributed by atoms with E-state index >= 15 is 0 Å². The molecule has 0 bridgehead atoms. The minimum atomic E-state index is 0. The fourth-order valence-corrected chi connectivity index (χ4v) is 3.35. The highest BCUT2D eigenvalue weighted by Gasteiger charge is 2.24. The van der Waals surface area contributed by atoms with Crippen LogP contribution in [0.2, 0.25) is 0 Å². The van der Waals surface area contributed by atoms with Crippen molar-refractivity contribution < 1.29 is 4.74 Å². The number of nitrogens with zero attached hydrogens (tertiary/aromatic N) is 1. The molecule has 3 nitrogen and oxygen atoms in total. The number of halogens is 2. The van der Waals surface area contributed by atoms with Crippen molar-refractivity contribution in [3.05, 3.63) is 29.3 Å². The van der Waals surface area contributed by atoms with Gasteiger partial charge in [-0.15, -0.1) is 24.8 Å². The van der Waals surface area contributed by atoms with Gasteiger partial charge in [0.15, 0.2) is 0 Å². The zero-order valence-corrected chi connectivity index (χ0v) is 15.1. The number of benzene rings is 1. The molecular formula is C17H28Cl2N2O. The fraction of sp³-hybridized carbons (Fsp3) is 0.647. The van der Waals surface area contributed by atoms with Gasteiger partial charge in [-0.2, -0.15) is 0 Å². The van der Waals surface area contributed by atoms with E-state index in [0.717, 1.165) is 50.9 Å². The lowest BCUT2D eigenvalue weighted by Crippen LogP contribution is -2.45. The van der Waals surface area contributed by atoms with E-state index < -0.39 is 0 Å². The van der Waals surface area contributed by atoms with Crippen molar-refractivity contribution in [3.8, 4) is 5.75 Å². The van der Waals surface area contributed by atoms with Gasteiger partial charge >= 0.3 is 0 Å². The summed E-state index contributed by atoms with van der Waals surface area (Å²) in [6.07, 6.45) is 2.30. The number of piperazine rings is 1. The second-order valence-corrected chi connectivity index (χ2v) is 6.40. The predicted molar refractivity (Wildman–Crippen MR) is 96.8 cm³/mol. The third-order valence-electron chi connectivity index (χ3n) is 4.39. The number of fused-ring (bicyclic) bond motifs is 1. The zero-order valence-electron chi connectivity index (χ0n) is 13.5. The topological polar surface area (TPSA) is 24.5 Å². The van der Waals surface area contributed by atoms with Gasteiger partial charge in [-0.1, -0.05) is 26.0 Å². The second kappa shape index (κ2) is 8.97. The van der Waals surface area contributed by atoms with Crippen molar-refractivity contribution in [3.63, 3.8) is 0 Å². The standard InChI is InChI=1S/C17H26N2O.2ClH/c1-13(2)11-16(19-8-6-18-7-9-19)14-3-4-17-15(12-14)5-10-20-17;;/h3-4,12-13,16,18H,5-11H2,1-2H3;2*1H/t16-;;/m0../s1. The van der Waals surface area contributed by atoms with Crippen molar-refractivity contribution in [1.82, 2.24) is 10.2 Å². The molecule has 1 fully saturated rings. The lowest BCUT2D eigenvalue weighted by Gasteiger charge is -2.36. The first-order valence-electron chi connectivity index (χ1n) is 7.94. The SMILES string of the molecule is CC(C)C[C@@H](c1ccc2c(c1)CCO2)N1CCNCC1.Cl.Cl. The van der Waals surface area contributed by atoms with E-state index in [-0.39, 0.29) is 24.8 Å². The molecule has 22 heavy (non-hydrogen) atoms. The lowest BCUT2D eigenvalue weighted by atomic mass is 9.93. The summed E-state index contributed by atoms with van der Waals surface area (Å²) in [4.78, 5) is 2.65. The van der Waals surface area contributed by atoms with Crippen LogP contribution in [-0.2, 0) is 6.42 Å². The molecule has 3 rings (SSSR count). The highest BCUT2D eigenvalue weighted by atomic mass is 35.5. The van der Waals surface area contributed by atoms with Crippen LogP contribution >= 0.6 is 24.8 Å². The summed E-state index contributed by atoms with van der Waals surface area (Å²) in [6, 6.07) is 7.40. The lowest BCUT2D eigenvalue weighted by molar-refractivity contribution is 0.154. The molecule has 5 heteroatoms. The van der Waals surface area contributed by atoms with E-state index in [1.807, 2.05) is 0 Å². The molecule has 1 atom stereocenters. The molecule has 0 radical (unpaired) electrons. The van der Waals surface area contributed by atoms with Crippen molar-refractivity contribution in [1.29, 1.82) is 0 Å². The third-order valence-corrected chi connectivity index (χ3v) is 4.39. The van der Waals surface area contributed by atoms with Gasteiger partial charge in [0.25, 0.3) is 0 Å². The summed E-state index contributed by atoms with van der Waals surface area (Å²) in [6.45, 7) is 10.0. The van der Waals surface area contributed by atoms with Crippen molar-refractivity contribution >= 4 is 24.8 Å². The molecule has 1 N–H and O–H groups in total. The Morgan fingerprint density at radius 2 is 1.91 bits per heavy atom. The first-order valence-corrected chi connectivity index (χ1v) is 7.94. The minimum absolute atomic E-state index is 0. The van der Waals surface area contributed by atoms with Crippen LogP contribution in [0, 0.1) is 5.92 Å². The Morgan fingerprint density at radius 3 is 2.59 bits per heavy atom. The van der Waals surface area contributed by atoms with Crippen molar-refractivity contribution in [2.75, 3.05) is 32.8 Å². The van der Waals surface area contributed by atoms with Gasteiger partial charge in [0, 0.05) is 38.6 Å². The summed E-state index contributed by atoms with van der Waals surface area (Å²) < 4.78 is 5.64. The van der Waals surface area contributed by atoms with Crippen LogP contribution in [-0.4, -0.2) is 37.7 Å². The normalized spacial score (nSPS) is 18.9. The van der Waals surface area contributed by atoms with E-state index in [9.17, 15) is 0 Å². The third kappa shape index (κ3) is 4.51. The molecule has 0 saturated carbocycles. The second-order valence-electron chi connectivity index (χ2n) is 6.40. The predicted octanol–water partition coefficient (Wildman–Crippen LogP) is 3.46. The fourth-order valence-electron chi connectivity index (χ4n) is 3.35. The minimum Gasteiger partial charge on any atom is -0.493 e. The Morgan fingerprint density at radius 1 is 1.18 bits per heavy atom. The zero-order chi connectivity index (χ0) is 13.9. The Bertz CT molecular complexity index is 462. The molecule has 1 saturated heterocycles. The monoisotopic (exact) mass is 346 g/mol. The maximum atomic E-state index is 5.64. The Labute approximate surface area is 146 Å². The van der Waals surface area contributed by atoms with Gasteiger partial charge < -0.3 is 10.1 Å². The molecule has 126 valence electrons. The Kier molecular flexibility index (Phi) is 7.98. The average molecular weight is 347 g/mol. The van der Waals surface area contributed by atoms with Gasteiger partial charge in [0.1, 0.15) is 5.75 Å². The van der Waals surface area contributed by atoms with Gasteiger partial charge in [0.2, 0.25) is 0 Å². The van der Waals surface area contributed by atoms with E-state index in [1.54, 1.807) is 0 Å². The Hall–Kier alpha value is -0.480. The van der Waals surface area contributed by atoms with Crippen LogP contribution in [0.3, 0.4) is 0 Å². The molecule has 2 aliphatic rings. The van der Waals surface area contributed by atoms with Crippen molar-refractivity contribution in [2.24, 2.45) is 5.92 Å². The van der Waals surface area contributed by atoms with Gasteiger partial charge in [-0.05, 0) is 29.5 Å². The first-order chi connectivity index (χ1) is 9.74. The van der Waals surface area contributed by atoms with Crippen LogP contribution in [0.4, 0.5) is 0 Å². The summed E-state index contributed by atoms with van der Waals surface area (Å²) >= 11 is 0.